The predicted octanol–water partition coefficient (Wildman–Crippen LogP) is 2.28. The largest absolute Gasteiger partial charge is 0.372 e. The number of hydrogen-bond acceptors (Lipinski definition) is 6. The number of piperidine rings is 1. The molecule has 8 nitrogen and oxygen atoms in total. The van der Waals surface area contributed by atoms with E-state index in [-0.39, 0.29) is 29.1 Å². The van der Waals surface area contributed by atoms with E-state index in [0.717, 1.165) is 26.2 Å². The molecule has 0 radical (unpaired) electrons. The van der Waals surface area contributed by atoms with Gasteiger partial charge in [-0.15, -0.1) is 11.6 Å². The Morgan fingerprint density at radius 2 is 1.85 bits per heavy atom. The van der Waals surface area contributed by atoms with Crippen LogP contribution in [0.2, 0.25) is 0 Å². The summed E-state index contributed by atoms with van der Waals surface area (Å²) in [5, 5.41) is 4.36. The summed E-state index contributed by atoms with van der Waals surface area (Å²) < 4.78 is 30.2. The summed E-state index contributed by atoms with van der Waals surface area (Å²) >= 11 is 16.0. The maximum Gasteiger partial charge on any atom is 0.248 e. The van der Waals surface area contributed by atoms with Crippen LogP contribution in [0.25, 0.3) is 0 Å². The number of primary sulfonamides is 1. The second-order valence-corrected chi connectivity index (χ2v) is 12.5. The molecule has 1 amide bonds. The van der Waals surface area contributed by atoms with Crippen molar-refractivity contribution < 1.29 is 17.9 Å². The Kier molecular flexibility index (Phi) is 9.33. The zero-order valence-corrected chi connectivity index (χ0v) is 23.0. The van der Waals surface area contributed by atoms with Crippen LogP contribution in [0.5, 0.6) is 0 Å². The quantitative estimate of drug-likeness (QED) is 0.363. The minimum absolute atomic E-state index is 0.00247. The number of ether oxygens (including phenoxy) is 1. The molecule has 0 bridgehead atoms. The summed E-state index contributed by atoms with van der Waals surface area (Å²) in [4.78, 5) is 19.1. The number of rotatable bonds is 7. The molecular formula is C21H33BrCl2N4O4S. The van der Waals surface area contributed by atoms with Gasteiger partial charge in [0, 0.05) is 48.7 Å². The minimum Gasteiger partial charge on any atom is -0.372 e. The van der Waals surface area contributed by atoms with Crippen LogP contribution in [-0.2, 0) is 19.6 Å². The van der Waals surface area contributed by atoms with E-state index in [1.54, 1.807) is 0 Å². The van der Waals surface area contributed by atoms with Crippen LogP contribution >= 0.6 is 39.1 Å². The second-order valence-electron chi connectivity index (χ2n) is 9.28. The van der Waals surface area contributed by atoms with Gasteiger partial charge in [-0.1, -0.05) is 34.5 Å². The standard InChI is InChI=1S/C21H33BrCl2N4O4S/c1-21(17(22)13-16(23)19(20(21)24)33(25,30)31)5-12-32-14-18(29)28-10-8-27(9-11-28)15-3-6-26(2)7-4-15/h13,15,20H,3-12,14H2,1-2H3,(H2,25,30,31). The first-order valence-corrected chi connectivity index (χ1v) is 14.3. The van der Waals surface area contributed by atoms with Crippen molar-refractivity contribution in [3.8, 4) is 0 Å². The van der Waals surface area contributed by atoms with Gasteiger partial charge in [-0.2, -0.15) is 0 Å². The molecule has 1 aliphatic carbocycles. The van der Waals surface area contributed by atoms with Crippen molar-refractivity contribution in [3.63, 3.8) is 0 Å². The lowest BCUT2D eigenvalue weighted by atomic mass is 9.80. The number of halogens is 3. The number of alkyl halides is 1. The van der Waals surface area contributed by atoms with E-state index in [1.807, 2.05) is 11.8 Å². The van der Waals surface area contributed by atoms with Gasteiger partial charge >= 0.3 is 0 Å². The van der Waals surface area contributed by atoms with Crippen LogP contribution in [0.3, 0.4) is 0 Å². The molecule has 3 rings (SSSR count). The van der Waals surface area contributed by atoms with Crippen molar-refractivity contribution in [2.24, 2.45) is 10.6 Å². The van der Waals surface area contributed by atoms with E-state index in [2.05, 4.69) is 32.8 Å². The van der Waals surface area contributed by atoms with Gasteiger partial charge in [0.15, 0.2) is 0 Å². The summed E-state index contributed by atoms with van der Waals surface area (Å²) in [5.41, 5.74) is -0.787. The van der Waals surface area contributed by atoms with Gasteiger partial charge in [-0.05, 0) is 45.5 Å². The minimum atomic E-state index is -4.05. The smallest absolute Gasteiger partial charge is 0.248 e. The van der Waals surface area contributed by atoms with E-state index in [4.69, 9.17) is 33.1 Å². The number of hydrogen-bond donors (Lipinski definition) is 1. The lowest BCUT2D eigenvalue weighted by Crippen LogP contribution is -2.54. The third-order valence-corrected chi connectivity index (χ3v) is 10.5. The molecule has 2 fully saturated rings. The summed E-state index contributed by atoms with van der Waals surface area (Å²) in [6.07, 6.45) is 4.27. The first-order chi connectivity index (χ1) is 15.4. The van der Waals surface area contributed by atoms with Gasteiger partial charge in [0.1, 0.15) is 6.61 Å². The monoisotopic (exact) mass is 586 g/mol. The molecular weight excluding hydrogens is 555 g/mol. The molecule has 0 spiro atoms. The number of carbonyl (C=O) groups excluding carboxylic acids is 1. The number of likely N-dealkylation sites (tertiary alicyclic amines) is 1. The highest BCUT2D eigenvalue weighted by Crippen LogP contribution is 2.49. The summed E-state index contributed by atoms with van der Waals surface area (Å²) in [5.74, 6) is -0.0305. The SMILES string of the molecule is CN1CCC(N2CCN(C(=O)COCCC3(C)C(Br)=CC(Cl)=C(S(N)(=O)=O)C3Cl)CC2)CC1. The molecule has 188 valence electrons. The van der Waals surface area contributed by atoms with Gasteiger partial charge < -0.3 is 14.5 Å². The van der Waals surface area contributed by atoms with Crippen LogP contribution in [0.4, 0.5) is 0 Å². The highest BCUT2D eigenvalue weighted by molar-refractivity contribution is 9.11. The van der Waals surface area contributed by atoms with Crippen LogP contribution in [0.15, 0.2) is 20.5 Å². The number of sulfonamides is 1. The van der Waals surface area contributed by atoms with E-state index in [0.29, 0.717) is 30.0 Å². The fourth-order valence-corrected chi connectivity index (χ4v) is 7.75. The topological polar surface area (TPSA) is 96.2 Å². The molecule has 0 aromatic rings. The van der Waals surface area contributed by atoms with Crippen molar-refractivity contribution in [3.05, 3.63) is 20.5 Å². The van der Waals surface area contributed by atoms with Crippen LogP contribution in [0, 0.1) is 5.41 Å². The summed E-state index contributed by atoms with van der Waals surface area (Å²) in [6.45, 7) is 7.51. The van der Waals surface area contributed by atoms with Crippen molar-refractivity contribution in [1.82, 2.24) is 14.7 Å². The highest BCUT2D eigenvalue weighted by atomic mass is 79.9. The van der Waals surface area contributed by atoms with E-state index < -0.39 is 20.8 Å². The third-order valence-electron chi connectivity index (χ3n) is 6.99. The molecule has 0 aromatic heterocycles. The van der Waals surface area contributed by atoms with Gasteiger partial charge in [0.2, 0.25) is 15.9 Å². The average molecular weight is 588 g/mol. The Bertz CT molecular complexity index is 900. The molecule has 33 heavy (non-hydrogen) atoms. The number of piperazine rings is 1. The Morgan fingerprint density at radius 1 is 1.24 bits per heavy atom. The molecule has 2 atom stereocenters. The number of carbonyl (C=O) groups is 1. The third kappa shape index (κ3) is 6.52. The fraction of sp³-hybridized carbons (Fsp3) is 0.762. The van der Waals surface area contributed by atoms with Crippen molar-refractivity contribution in [1.29, 1.82) is 0 Å². The molecule has 2 unspecified atom stereocenters. The first kappa shape index (κ1) is 27.4. The maximum atomic E-state index is 12.6. The lowest BCUT2D eigenvalue weighted by molar-refractivity contribution is -0.138. The normalized spacial score (nSPS) is 28.8. The van der Waals surface area contributed by atoms with Crippen LogP contribution in [0.1, 0.15) is 26.2 Å². The predicted molar refractivity (Wildman–Crippen MR) is 135 cm³/mol. The molecule has 2 N–H and O–H groups in total. The Hall–Kier alpha value is -0.200. The molecule has 0 aromatic carbocycles. The van der Waals surface area contributed by atoms with E-state index in [1.165, 1.54) is 18.9 Å². The van der Waals surface area contributed by atoms with Crippen molar-refractivity contribution >= 4 is 55.1 Å². The highest BCUT2D eigenvalue weighted by Gasteiger charge is 2.45. The summed E-state index contributed by atoms with van der Waals surface area (Å²) in [7, 11) is -1.89. The first-order valence-electron chi connectivity index (χ1n) is 11.2. The molecule has 2 aliphatic heterocycles. The number of nitrogens with two attached hydrogens (primary N) is 1. The molecule has 2 heterocycles. The molecule has 2 saturated heterocycles. The lowest BCUT2D eigenvalue weighted by Gasteiger charge is -2.42. The molecule has 12 heteroatoms. The second kappa shape index (κ2) is 11.2. The van der Waals surface area contributed by atoms with Crippen LogP contribution in [-0.4, -0.2) is 100.0 Å². The Balaban J connectivity index is 1.44. The zero-order valence-electron chi connectivity index (χ0n) is 19.1. The number of nitrogens with zero attached hydrogens (tertiary/aromatic N) is 3. The van der Waals surface area contributed by atoms with Gasteiger partial charge in [0.25, 0.3) is 0 Å². The molecule has 0 saturated carbocycles. The number of amides is 1. The maximum absolute atomic E-state index is 12.6. The Labute approximate surface area is 215 Å². The summed E-state index contributed by atoms with van der Waals surface area (Å²) in [6, 6.07) is 0.616. The van der Waals surface area contributed by atoms with Crippen molar-refractivity contribution in [2.75, 3.05) is 59.5 Å². The van der Waals surface area contributed by atoms with E-state index in [9.17, 15) is 13.2 Å². The number of allylic oxidation sites excluding steroid dienone is 4. The zero-order chi connectivity index (χ0) is 24.4. The van der Waals surface area contributed by atoms with E-state index >= 15 is 0 Å². The van der Waals surface area contributed by atoms with Gasteiger partial charge in [-0.25, -0.2) is 13.6 Å². The van der Waals surface area contributed by atoms with Gasteiger partial charge in [0.05, 0.1) is 15.3 Å². The van der Waals surface area contributed by atoms with Crippen LogP contribution < -0.4 is 5.14 Å². The fourth-order valence-electron chi connectivity index (χ4n) is 4.64. The average Bonchev–Trinajstić information content (AvgIpc) is 2.75. The van der Waals surface area contributed by atoms with Gasteiger partial charge in [-0.3, -0.25) is 9.69 Å². The Morgan fingerprint density at radius 3 is 2.42 bits per heavy atom. The van der Waals surface area contributed by atoms with Crippen molar-refractivity contribution in [2.45, 2.75) is 37.6 Å². The molecule has 3 aliphatic rings.